The molecular formula is C11H14N2. The van der Waals surface area contributed by atoms with E-state index < -0.39 is 0 Å². The van der Waals surface area contributed by atoms with Crippen LogP contribution in [0.15, 0.2) is 31.1 Å². The minimum atomic E-state index is 0.601. The van der Waals surface area contributed by atoms with Crippen molar-refractivity contribution in [2.45, 2.75) is 12.8 Å². The highest BCUT2D eigenvalue weighted by Crippen LogP contribution is 2.34. The fraction of sp³-hybridized carbons (Fsp3) is 0.364. The standard InChI is InChI=1S/C11H14N2/c1-3-6-13-8-9(2)10-7-12-5-4-11(10)13/h3-5,7,9H,1,6,8H2,2H3. The van der Waals surface area contributed by atoms with E-state index in [1.807, 2.05) is 18.5 Å². The van der Waals surface area contributed by atoms with Gasteiger partial charge in [-0.05, 0) is 11.6 Å². The van der Waals surface area contributed by atoms with E-state index in [-0.39, 0.29) is 0 Å². The van der Waals surface area contributed by atoms with Crippen molar-refractivity contribution in [3.63, 3.8) is 0 Å². The quantitative estimate of drug-likeness (QED) is 0.639. The van der Waals surface area contributed by atoms with Gasteiger partial charge in [0.25, 0.3) is 0 Å². The molecule has 0 amide bonds. The lowest BCUT2D eigenvalue weighted by molar-refractivity contribution is 0.775. The second-order valence-electron chi connectivity index (χ2n) is 3.53. The molecule has 1 aromatic rings. The summed E-state index contributed by atoms with van der Waals surface area (Å²) in [5.74, 6) is 0.601. The molecule has 2 nitrogen and oxygen atoms in total. The van der Waals surface area contributed by atoms with Crippen molar-refractivity contribution in [2.24, 2.45) is 0 Å². The summed E-state index contributed by atoms with van der Waals surface area (Å²) in [7, 11) is 0. The first-order valence-corrected chi connectivity index (χ1v) is 4.62. The van der Waals surface area contributed by atoms with Crippen LogP contribution in [-0.2, 0) is 0 Å². The van der Waals surface area contributed by atoms with Crippen molar-refractivity contribution in [3.8, 4) is 0 Å². The summed E-state index contributed by atoms with van der Waals surface area (Å²) in [6, 6.07) is 2.09. The molecule has 1 aromatic heterocycles. The minimum Gasteiger partial charge on any atom is -0.367 e. The molecule has 0 N–H and O–H groups in total. The van der Waals surface area contributed by atoms with Crippen molar-refractivity contribution in [3.05, 3.63) is 36.7 Å². The number of nitrogens with zero attached hydrogens (tertiary/aromatic N) is 2. The van der Waals surface area contributed by atoms with Gasteiger partial charge in [-0.25, -0.2) is 0 Å². The molecule has 0 fully saturated rings. The molecule has 0 radical (unpaired) electrons. The maximum absolute atomic E-state index is 4.15. The molecule has 1 aliphatic rings. The summed E-state index contributed by atoms with van der Waals surface area (Å²) < 4.78 is 0. The predicted molar refractivity (Wildman–Crippen MR) is 55.1 cm³/mol. The summed E-state index contributed by atoms with van der Waals surface area (Å²) in [6.45, 7) is 8.03. The molecule has 0 saturated heterocycles. The molecule has 0 bridgehead atoms. The Bertz CT molecular complexity index is 320. The third kappa shape index (κ3) is 1.32. The normalized spacial score (nSPS) is 20.1. The van der Waals surface area contributed by atoms with Crippen LogP contribution >= 0.6 is 0 Å². The first-order valence-electron chi connectivity index (χ1n) is 4.62. The van der Waals surface area contributed by atoms with E-state index in [9.17, 15) is 0 Å². The third-order valence-corrected chi connectivity index (χ3v) is 2.54. The Hall–Kier alpha value is -1.31. The van der Waals surface area contributed by atoms with E-state index in [1.165, 1.54) is 11.3 Å². The Balaban J connectivity index is 2.35. The van der Waals surface area contributed by atoms with E-state index >= 15 is 0 Å². The Morgan fingerprint density at radius 1 is 1.77 bits per heavy atom. The maximum atomic E-state index is 4.15. The van der Waals surface area contributed by atoms with Crippen molar-refractivity contribution >= 4 is 5.69 Å². The van der Waals surface area contributed by atoms with Gasteiger partial charge in [-0.1, -0.05) is 13.0 Å². The lowest BCUT2D eigenvalue weighted by Gasteiger charge is -2.16. The molecule has 0 aliphatic carbocycles. The number of hydrogen-bond acceptors (Lipinski definition) is 2. The average molecular weight is 174 g/mol. The van der Waals surface area contributed by atoms with Gasteiger partial charge in [-0.3, -0.25) is 4.98 Å². The van der Waals surface area contributed by atoms with Gasteiger partial charge in [0.2, 0.25) is 0 Å². The molecule has 2 heterocycles. The van der Waals surface area contributed by atoms with Crippen molar-refractivity contribution in [1.29, 1.82) is 0 Å². The molecule has 2 rings (SSSR count). The van der Waals surface area contributed by atoms with Crippen LogP contribution in [0.1, 0.15) is 18.4 Å². The molecule has 0 aromatic carbocycles. The monoisotopic (exact) mass is 174 g/mol. The van der Waals surface area contributed by atoms with Crippen LogP contribution in [0.4, 0.5) is 5.69 Å². The van der Waals surface area contributed by atoms with Gasteiger partial charge in [-0.15, -0.1) is 6.58 Å². The Morgan fingerprint density at radius 2 is 2.62 bits per heavy atom. The molecule has 0 saturated carbocycles. The van der Waals surface area contributed by atoms with Gasteiger partial charge < -0.3 is 4.90 Å². The van der Waals surface area contributed by atoms with E-state index in [4.69, 9.17) is 0 Å². The molecule has 1 atom stereocenters. The van der Waals surface area contributed by atoms with Crippen LogP contribution in [0, 0.1) is 0 Å². The molecule has 0 spiro atoms. The molecular weight excluding hydrogens is 160 g/mol. The average Bonchev–Trinajstić information content (AvgIpc) is 2.46. The smallest absolute Gasteiger partial charge is 0.0436 e. The summed E-state index contributed by atoms with van der Waals surface area (Å²) in [6.07, 6.45) is 5.78. The summed E-state index contributed by atoms with van der Waals surface area (Å²) in [5, 5.41) is 0. The van der Waals surface area contributed by atoms with Crippen LogP contribution in [0.5, 0.6) is 0 Å². The van der Waals surface area contributed by atoms with Crippen molar-refractivity contribution in [1.82, 2.24) is 4.98 Å². The summed E-state index contributed by atoms with van der Waals surface area (Å²) in [5.41, 5.74) is 2.69. The first-order chi connectivity index (χ1) is 6.33. The number of hydrogen-bond donors (Lipinski definition) is 0. The van der Waals surface area contributed by atoms with Gasteiger partial charge in [0.1, 0.15) is 0 Å². The van der Waals surface area contributed by atoms with E-state index in [0.717, 1.165) is 13.1 Å². The van der Waals surface area contributed by atoms with Crippen LogP contribution in [0.3, 0.4) is 0 Å². The highest BCUT2D eigenvalue weighted by Gasteiger charge is 2.23. The fourth-order valence-electron chi connectivity index (χ4n) is 1.92. The summed E-state index contributed by atoms with van der Waals surface area (Å²) >= 11 is 0. The number of pyridine rings is 1. The largest absolute Gasteiger partial charge is 0.367 e. The van der Waals surface area contributed by atoms with E-state index in [0.29, 0.717) is 5.92 Å². The zero-order valence-electron chi connectivity index (χ0n) is 7.90. The maximum Gasteiger partial charge on any atom is 0.0436 e. The zero-order chi connectivity index (χ0) is 9.26. The van der Waals surface area contributed by atoms with Gasteiger partial charge in [-0.2, -0.15) is 0 Å². The molecule has 68 valence electrons. The predicted octanol–water partition coefficient (Wildman–Crippen LogP) is 2.19. The van der Waals surface area contributed by atoms with Gasteiger partial charge in [0, 0.05) is 37.1 Å². The van der Waals surface area contributed by atoms with Crippen LogP contribution < -0.4 is 4.90 Å². The minimum absolute atomic E-state index is 0.601. The van der Waals surface area contributed by atoms with Crippen molar-refractivity contribution < 1.29 is 0 Å². The lowest BCUT2D eigenvalue weighted by atomic mass is 10.1. The SMILES string of the molecule is C=CCN1CC(C)c2cnccc21. The number of aromatic nitrogens is 1. The number of anilines is 1. The van der Waals surface area contributed by atoms with Gasteiger partial charge >= 0.3 is 0 Å². The molecule has 1 unspecified atom stereocenters. The van der Waals surface area contributed by atoms with E-state index in [2.05, 4.69) is 29.5 Å². The van der Waals surface area contributed by atoms with Crippen LogP contribution in [-0.4, -0.2) is 18.1 Å². The highest BCUT2D eigenvalue weighted by atomic mass is 15.1. The highest BCUT2D eigenvalue weighted by molar-refractivity contribution is 5.58. The topological polar surface area (TPSA) is 16.1 Å². The van der Waals surface area contributed by atoms with Crippen molar-refractivity contribution in [2.75, 3.05) is 18.0 Å². The Labute approximate surface area is 78.9 Å². The first kappa shape index (κ1) is 8.30. The van der Waals surface area contributed by atoms with E-state index in [1.54, 1.807) is 0 Å². The second-order valence-corrected chi connectivity index (χ2v) is 3.53. The lowest BCUT2D eigenvalue weighted by Crippen LogP contribution is -2.20. The van der Waals surface area contributed by atoms with Crippen LogP contribution in [0.2, 0.25) is 0 Å². The third-order valence-electron chi connectivity index (χ3n) is 2.54. The van der Waals surface area contributed by atoms with Gasteiger partial charge in [0.15, 0.2) is 0 Å². The Morgan fingerprint density at radius 3 is 3.38 bits per heavy atom. The van der Waals surface area contributed by atoms with Gasteiger partial charge in [0.05, 0.1) is 0 Å². The molecule has 1 aliphatic heterocycles. The molecule has 13 heavy (non-hydrogen) atoms. The number of fused-ring (bicyclic) bond motifs is 1. The second kappa shape index (κ2) is 3.21. The van der Waals surface area contributed by atoms with Crippen LogP contribution in [0.25, 0.3) is 0 Å². The molecule has 2 heteroatoms. The zero-order valence-corrected chi connectivity index (χ0v) is 7.90. The summed E-state index contributed by atoms with van der Waals surface area (Å²) in [4.78, 5) is 6.49. The Kier molecular flexibility index (Phi) is 2.05. The number of rotatable bonds is 2. The fourth-order valence-corrected chi connectivity index (χ4v) is 1.92.